The minimum atomic E-state index is -3.34. The van der Waals surface area contributed by atoms with Gasteiger partial charge in [-0.25, -0.2) is 4.57 Å². The van der Waals surface area contributed by atoms with Gasteiger partial charge in [0.05, 0.1) is 6.61 Å². The minimum absolute atomic E-state index is 0.126. The van der Waals surface area contributed by atoms with E-state index in [2.05, 4.69) is 0 Å². The highest BCUT2D eigenvalue weighted by Crippen LogP contribution is 2.62. The van der Waals surface area contributed by atoms with Crippen molar-refractivity contribution < 1.29 is 23.2 Å². The standard InChI is InChI=1S/C20H24NO5PS/c1-4-14(3)28-27(24,25-5-2)26-18-12-10-16(11-13-18)19(22)15-6-8-17(9-7-15)20(21)23/h6-14H,4-5H2,1-3H3,(H2,21,23). The van der Waals surface area contributed by atoms with E-state index >= 15 is 0 Å². The monoisotopic (exact) mass is 421 g/mol. The number of carbonyl (C=O) groups is 2. The van der Waals surface area contributed by atoms with E-state index in [9.17, 15) is 14.2 Å². The van der Waals surface area contributed by atoms with Crippen molar-refractivity contribution in [2.45, 2.75) is 32.4 Å². The SMILES string of the molecule is CCOP(=O)(Oc1ccc(C(=O)c2ccc(C(N)=O)cc2)cc1)SC(C)CC. The van der Waals surface area contributed by atoms with Crippen molar-refractivity contribution in [3.63, 3.8) is 0 Å². The third kappa shape index (κ3) is 5.96. The fourth-order valence-electron chi connectivity index (χ4n) is 2.28. The van der Waals surface area contributed by atoms with Crippen LogP contribution in [0, 0.1) is 0 Å². The Balaban J connectivity index is 2.14. The van der Waals surface area contributed by atoms with Gasteiger partial charge in [-0.3, -0.25) is 14.1 Å². The van der Waals surface area contributed by atoms with Gasteiger partial charge in [0.25, 0.3) is 0 Å². The molecule has 0 heterocycles. The summed E-state index contributed by atoms with van der Waals surface area (Å²) >= 11 is 1.18. The van der Waals surface area contributed by atoms with Crippen LogP contribution in [0.4, 0.5) is 0 Å². The molecule has 0 saturated heterocycles. The van der Waals surface area contributed by atoms with Gasteiger partial charge in [-0.1, -0.05) is 26.0 Å². The topological polar surface area (TPSA) is 95.7 Å². The Kier molecular flexibility index (Phi) is 7.87. The second-order valence-corrected chi connectivity index (χ2v) is 10.4. The van der Waals surface area contributed by atoms with Gasteiger partial charge in [0.1, 0.15) is 5.75 Å². The lowest BCUT2D eigenvalue weighted by Gasteiger charge is -2.20. The number of amides is 1. The molecule has 28 heavy (non-hydrogen) atoms. The van der Waals surface area contributed by atoms with E-state index in [4.69, 9.17) is 14.8 Å². The Bertz CT molecular complexity index is 867. The van der Waals surface area contributed by atoms with Crippen molar-refractivity contribution in [1.82, 2.24) is 0 Å². The van der Waals surface area contributed by atoms with Crippen molar-refractivity contribution in [2.24, 2.45) is 5.73 Å². The molecule has 0 saturated carbocycles. The molecule has 2 aromatic rings. The van der Waals surface area contributed by atoms with Crippen LogP contribution in [-0.4, -0.2) is 23.5 Å². The van der Waals surface area contributed by atoms with Crippen LogP contribution in [0.3, 0.4) is 0 Å². The molecule has 2 atom stereocenters. The average Bonchev–Trinajstić information content (AvgIpc) is 2.68. The minimum Gasteiger partial charge on any atom is -0.417 e. The maximum Gasteiger partial charge on any atom is 0.440 e. The summed E-state index contributed by atoms with van der Waals surface area (Å²) in [6, 6.07) is 12.5. The third-order valence-corrected chi connectivity index (χ3v) is 8.29. The molecule has 0 aliphatic rings. The molecule has 6 nitrogen and oxygen atoms in total. The zero-order chi connectivity index (χ0) is 20.7. The molecular weight excluding hydrogens is 397 g/mol. The van der Waals surface area contributed by atoms with E-state index < -0.39 is 12.7 Å². The number of hydrogen-bond acceptors (Lipinski definition) is 6. The number of ketones is 1. The molecule has 0 aliphatic heterocycles. The number of rotatable bonds is 10. The fourth-order valence-corrected chi connectivity index (χ4v) is 6.38. The van der Waals surface area contributed by atoms with Gasteiger partial charge in [0.15, 0.2) is 5.78 Å². The Morgan fingerprint density at radius 1 is 1.00 bits per heavy atom. The quantitative estimate of drug-likeness (QED) is 0.425. The lowest BCUT2D eigenvalue weighted by Crippen LogP contribution is -2.11. The first kappa shape index (κ1) is 22.2. The fraction of sp³-hybridized carbons (Fsp3) is 0.300. The first-order valence-corrected chi connectivity index (χ1v) is 12.0. The van der Waals surface area contributed by atoms with Crippen molar-refractivity contribution in [2.75, 3.05) is 6.61 Å². The molecule has 0 aliphatic carbocycles. The summed E-state index contributed by atoms with van der Waals surface area (Å²) in [7, 11) is 0. The largest absolute Gasteiger partial charge is 0.440 e. The first-order valence-electron chi connectivity index (χ1n) is 8.95. The van der Waals surface area contributed by atoms with E-state index in [1.165, 1.54) is 23.5 Å². The van der Waals surface area contributed by atoms with Crippen LogP contribution in [0.1, 0.15) is 53.5 Å². The van der Waals surface area contributed by atoms with E-state index in [0.29, 0.717) is 22.4 Å². The molecule has 2 aromatic carbocycles. The van der Waals surface area contributed by atoms with E-state index in [1.54, 1.807) is 43.3 Å². The highest BCUT2D eigenvalue weighted by molar-refractivity contribution is 8.55. The van der Waals surface area contributed by atoms with E-state index in [0.717, 1.165) is 6.42 Å². The number of carbonyl (C=O) groups excluding carboxylic acids is 2. The molecule has 0 bridgehead atoms. The summed E-state index contributed by atoms with van der Waals surface area (Å²) in [5, 5.41) is 0.126. The Labute approximate surface area is 169 Å². The van der Waals surface area contributed by atoms with Crippen molar-refractivity contribution in [3.8, 4) is 5.75 Å². The molecule has 8 heteroatoms. The Hall–Kier alpha value is -2.08. The highest BCUT2D eigenvalue weighted by Gasteiger charge is 2.29. The second-order valence-electron chi connectivity index (χ2n) is 6.08. The van der Waals surface area contributed by atoms with E-state index in [-0.39, 0.29) is 17.6 Å². The summed E-state index contributed by atoms with van der Waals surface area (Å²) in [4.78, 5) is 23.7. The maximum atomic E-state index is 12.9. The van der Waals surface area contributed by atoms with Gasteiger partial charge >= 0.3 is 6.80 Å². The van der Waals surface area contributed by atoms with Gasteiger partial charge in [0.2, 0.25) is 5.91 Å². The number of hydrogen-bond donors (Lipinski definition) is 1. The van der Waals surface area contributed by atoms with Crippen LogP contribution < -0.4 is 10.3 Å². The molecule has 2 rings (SSSR count). The van der Waals surface area contributed by atoms with Crippen molar-refractivity contribution in [3.05, 3.63) is 65.2 Å². The van der Waals surface area contributed by atoms with Crippen LogP contribution in [-0.2, 0) is 9.09 Å². The molecule has 0 fully saturated rings. The molecule has 0 aromatic heterocycles. The number of benzene rings is 2. The second kappa shape index (κ2) is 9.92. The summed E-state index contributed by atoms with van der Waals surface area (Å²) in [6.45, 7) is 2.67. The molecule has 0 spiro atoms. The predicted molar refractivity (Wildman–Crippen MR) is 112 cm³/mol. The summed E-state index contributed by atoms with van der Waals surface area (Å²) in [5.74, 6) is -0.382. The van der Waals surface area contributed by atoms with Crippen LogP contribution in [0.2, 0.25) is 0 Å². The van der Waals surface area contributed by atoms with E-state index in [1.807, 2.05) is 13.8 Å². The van der Waals surface area contributed by atoms with Crippen molar-refractivity contribution >= 4 is 29.9 Å². The molecule has 2 unspecified atom stereocenters. The van der Waals surface area contributed by atoms with Crippen LogP contribution in [0.5, 0.6) is 5.75 Å². The number of nitrogens with two attached hydrogens (primary N) is 1. The average molecular weight is 421 g/mol. The third-order valence-electron chi connectivity index (χ3n) is 3.94. The van der Waals surface area contributed by atoms with Crippen LogP contribution in [0.25, 0.3) is 0 Å². The normalized spacial score (nSPS) is 14.1. The molecule has 150 valence electrons. The first-order chi connectivity index (χ1) is 13.3. The smallest absolute Gasteiger partial charge is 0.417 e. The molecular formula is C20H24NO5PS. The summed E-state index contributed by atoms with van der Waals surface area (Å²) < 4.78 is 23.9. The van der Waals surface area contributed by atoms with Gasteiger partial charge < -0.3 is 10.3 Å². The van der Waals surface area contributed by atoms with Gasteiger partial charge in [-0.05, 0) is 61.1 Å². The van der Waals surface area contributed by atoms with Gasteiger partial charge in [0, 0.05) is 21.9 Å². The van der Waals surface area contributed by atoms with Gasteiger partial charge in [-0.15, -0.1) is 0 Å². The Morgan fingerprint density at radius 3 is 1.96 bits per heavy atom. The summed E-state index contributed by atoms with van der Waals surface area (Å²) in [5.41, 5.74) is 6.43. The molecule has 1 amide bonds. The lowest BCUT2D eigenvalue weighted by molar-refractivity contribution is 0.0996. The van der Waals surface area contributed by atoms with Gasteiger partial charge in [-0.2, -0.15) is 0 Å². The lowest BCUT2D eigenvalue weighted by atomic mass is 10.0. The number of primary amides is 1. The van der Waals surface area contributed by atoms with Crippen LogP contribution in [0.15, 0.2) is 48.5 Å². The highest BCUT2D eigenvalue weighted by atomic mass is 32.7. The Morgan fingerprint density at radius 2 is 1.50 bits per heavy atom. The van der Waals surface area contributed by atoms with Crippen molar-refractivity contribution in [1.29, 1.82) is 0 Å². The predicted octanol–water partition coefficient (Wildman–Crippen LogP) is 5.07. The molecule has 2 N–H and O–H groups in total. The maximum absolute atomic E-state index is 12.9. The zero-order valence-electron chi connectivity index (χ0n) is 16.1. The zero-order valence-corrected chi connectivity index (χ0v) is 17.8. The summed E-state index contributed by atoms with van der Waals surface area (Å²) in [6.07, 6.45) is 0.840. The van der Waals surface area contributed by atoms with Crippen LogP contribution >= 0.6 is 18.2 Å². The molecule has 0 radical (unpaired) electrons.